The molecule has 0 aliphatic rings. The Bertz CT molecular complexity index is 495. The topological polar surface area (TPSA) is 110 Å². The Morgan fingerprint density at radius 2 is 1.68 bits per heavy atom. The molecule has 9 nitrogen and oxygen atoms in total. The Labute approximate surface area is 108 Å². The molecule has 0 saturated carbocycles. The van der Waals surface area contributed by atoms with E-state index in [2.05, 4.69) is 24.5 Å². The Kier molecular flexibility index (Phi) is 4.98. The highest BCUT2D eigenvalue weighted by Gasteiger charge is 2.26. The summed E-state index contributed by atoms with van der Waals surface area (Å²) in [6.07, 6.45) is -0.0233. The molecule has 19 heavy (non-hydrogen) atoms. The quantitative estimate of drug-likeness (QED) is 0.516. The molecule has 0 aliphatic carbocycles. The maximum absolute atomic E-state index is 11.6. The number of nitrogens with zero attached hydrogens (tertiary/aromatic N) is 3. The van der Waals surface area contributed by atoms with E-state index >= 15 is 0 Å². The van der Waals surface area contributed by atoms with Crippen LogP contribution in [0.3, 0.4) is 0 Å². The van der Waals surface area contributed by atoms with E-state index in [1.807, 2.05) is 0 Å². The van der Waals surface area contributed by atoms with Gasteiger partial charge in [-0.05, 0) is 0 Å². The van der Waals surface area contributed by atoms with Crippen LogP contribution in [0, 0.1) is 0 Å². The van der Waals surface area contributed by atoms with Crippen molar-refractivity contribution in [1.29, 1.82) is 0 Å². The summed E-state index contributed by atoms with van der Waals surface area (Å²) in [6.45, 7) is 0.0289. The molecule has 0 saturated heterocycles. The predicted molar refractivity (Wildman–Crippen MR) is 59.3 cm³/mol. The zero-order valence-electron chi connectivity index (χ0n) is 10.7. The van der Waals surface area contributed by atoms with Crippen molar-refractivity contribution in [2.45, 2.75) is 13.0 Å². The van der Waals surface area contributed by atoms with Gasteiger partial charge in [0.25, 0.3) is 0 Å². The van der Waals surface area contributed by atoms with Crippen LogP contribution >= 0.6 is 0 Å². The van der Waals surface area contributed by atoms with Gasteiger partial charge >= 0.3 is 17.9 Å². The van der Waals surface area contributed by atoms with Gasteiger partial charge in [0.1, 0.15) is 0 Å². The van der Waals surface area contributed by atoms with Crippen molar-refractivity contribution in [2.75, 3.05) is 21.3 Å². The van der Waals surface area contributed by atoms with Gasteiger partial charge in [-0.2, -0.15) is 0 Å². The summed E-state index contributed by atoms with van der Waals surface area (Å²) in [5, 5.41) is 7.16. The molecule has 0 radical (unpaired) electrons. The van der Waals surface area contributed by atoms with Gasteiger partial charge in [-0.15, -0.1) is 5.10 Å². The van der Waals surface area contributed by atoms with Gasteiger partial charge in [-0.25, -0.2) is 14.3 Å². The lowest BCUT2D eigenvalue weighted by atomic mass is 10.3. The summed E-state index contributed by atoms with van der Waals surface area (Å²) in [5.41, 5.74) is -0.433. The fourth-order valence-corrected chi connectivity index (χ4v) is 1.30. The van der Waals surface area contributed by atoms with Gasteiger partial charge in [-0.1, -0.05) is 5.21 Å². The number of ether oxygens (including phenoxy) is 3. The molecule has 0 aromatic carbocycles. The van der Waals surface area contributed by atoms with E-state index in [1.54, 1.807) is 0 Å². The second-order valence-electron chi connectivity index (χ2n) is 3.32. The van der Waals surface area contributed by atoms with Crippen LogP contribution in [0.5, 0.6) is 0 Å². The first kappa shape index (κ1) is 14.6. The monoisotopic (exact) mass is 271 g/mol. The number of carbonyl (C=O) groups is 3. The summed E-state index contributed by atoms with van der Waals surface area (Å²) in [4.78, 5) is 34.1. The minimum atomic E-state index is -0.815. The van der Waals surface area contributed by atoms with Crippen LogP contribution in [-0.4, -0.2) is 54.2 Å². The minimum Gasteiger partial charge on any atom is -0.469 e. The van der Waals surface area contributed by atoms with Gasteiger partial charge in [-0.3, -0.25) is 4.79 Å². The molecule has 0 atom stereocenters. The Morgan fingerprint density at radius 1 is 1.05 bits per heavy atom. The Balaban J connectivity index is 3.04. The highest BCUT2D eigenvalue weighted by atomic mass is 16.5. The first-order valence-corrected chi connectivity index (χ1v) is 5.22. The van der Waals surface area contributed by atoms with Crippen molar-refractivity contribution in [3.05, 3.63) is 11.4 Å². The van der Waals surface area contributed by atoms with Crippen molar-refractivity contribution >= 4 is 17.9 Å². The first-order valence-electron chi connectivity index (χ1n) is 5.22. The number of aryl methyl sites for hydroxylation is 1. The van der Waals surface area contributed by atoms with E-state index in [0.717, 1.165) is 18.9 Å². The summed E-state index contributed by atoms with van der Waals surface area (Å²) in [7, 11) is 3.54. The summed E-state index contributed by atoms with van der Waals surface area (Å²) >= 11 is 0. The normalized spacial score (nSPS) is 9.84. The lowest BCUT2D eigenvalue weighted by Crippen LogP contribution is -2.18. The van der Waals surface area contributed by atoms with Gasteiger partial charge < -0.3 is 14.2 Å². The minimum absolute atomic E-state index is 0.0233. The smallest absolute Gasteiger partial charge is 0.361 e. The molecular weight excluding hydrogens is 258 g/mol. The molecule has 0 N–H and O–H groups in total. The molecule has 0 unspecified atom stereocenters. The van der Waals surface area contributed by atoms with Crippen molar-refractivity contribution in [3.63, 3.8) is 0 Å². The molecular formula is C10H13N3O6. The Hall–Kier alpha value is -2.45. The highest BCUT2D eigenvalue weighted by molar-refractivity contribution is 6.00. The van der Waals surface area contributed by atoms with Crippen LogP contribution in [0.2, 0.25) is 0 Å². The van der Waals surface area contributed by atoms with Crippen molar-refractivity contribution in [1.82, 2.24) is 15.0 Å². The highest BCUT2D eigenvalue weighted by Crippen LogP contribution is 2.09. The van der Waals surface area contributed by atoms with Crippen molar-refractivity contribution in [3.8, 4) is 0 Å². The lowest BCUT2D eigenvalue weighted by molar-refractivity contribution is -0.140. The van der Waals surface area contributed by atoms with Crippen LogP contribution in [0.25, 0.3) is 0 Å². The van der Waals surface area contributed by atoms with Crippen LogP contribution in [0.1, 0.15) is 27.4 Å². The Morgan fingerprint density at radius 3 is 2.21 bits per heavy atom. The number of rotatable bonds is 5. The zero-order valence-corrected chi connectivity index (χ0v) is 10.7. The van der Waals surface area contributed by atoms with Crippen molar-refractivity contribution < 1.29 is 28.6 Å². The van der Waals surface area contributed by atoms with Gasteiger partial charge in [0.05, 0.1) is 34.3 Å². The van der Waals surface area contributed by atoms with Gasteiger partial charge in [0.2, 0.25) is 5.69 Å². The number of aromatic nitrogens is 3. The van der Waals surface area contributed by atoms with E-state index in [9.17, 15) is 14.4 Å². The second kappa shape index (κ2) is 6.47. The van der Waals surface area contributed by atoms with Crippen LogP contribution in [-0.2, 0) is 25.5 Å². The molecule has 104 valence electrons. The number of hydrogen-bond acceptors (Lipinski definition) is 8. The third kappa shape index (κ3) is 3.27. The van der Waals surface area contributed by atoms with Crippen LogP contribution < -0.4 is 0 Å². The molecule has 1 heterocycles. The molecule has 1 aromatic heterocycles. The summed E-state index contributed by atoms with van der Waals surface area (Å²) in [6, 6.07) is 0. The molecule has 0 fully saturated rings. The predicted octanol–water partition coefficient (Wildman–Crippen LogP) is -0.586. The van der Waals surface area contributed by atoms with Gasteiger partial charge in [0.15, 0.2) is 5.69 Å². The molecule has 1 rings (SSSR count). The van der Waals surface area contributed by atoms with Gasteiger partial charge in [0, 0.05) is 0 Å². The van der Waals surface area contributed by atoms with E-state index in [4.69, 9.17) is 0 Å². The number of esters is 3. The fraction of sp³-hybridized carbons (Fsp3) is 0.500. The van der Waals surface area contributed by atoms with E-state index in [0.29, 0.717) is 0 Å². The molecule has 0 amide bonds. The molecule has 9 heteroatoms. The number of hydrogen-bond donors (Lipinski definition) is 0. The fourth-order valence-electron chi connectivity index (χ4n) is 1.30. The SMILES string of the molecule is COC(=O)CCn1nnc(C(=O)OC)c1C(=O)OC. The lowest BCUT2D eigenvalue weighted by Gasteiger charge is -2.04. The largest absolute Gasteiger partial charge is 0.469 e. The first-order chi connectivity index (χ1) is 9.04. The maximum Gasteiger partial charge on any atom is 0.361 e. The molecule has 0 aliphatic heterocycles. The molecule has 0 spiro atoms. The maximum atomic E-state index is 11.6. The van der Waals surface area contributed by atoms with Crippen LogP contribution in [0.15, 0.2) is 0 Å². The molecule has 1 aromatic rings. The average Bonchev–Trinajstić information content (AvgIpc) is 2.86. The second-order valence-corrected chi connectivity index (χ2v) is 3.32. The zero-order chi connectivity index (χ0) is 14.4. The van der Waals surface area contributed by atoms with E-state index in [-0.39, 0.29) is 24.4 Å². The third-order valence-electron chi connectivity index (χ3n) is 2.25. The molecule has 0 bridgehead atoms. The van der Waals surface area contributed by atoms with Crippen molar-refractivity contribution in [2.24, 2.45) is 0 Å². The van der Waals surface area contributed by atoms with E-state index in [1.165, 1.54) is 7.11 Å². The standard InChI is InChI=1S/C10H13N3O6/c1-17-6(14)4-5-13-8(10(16)19-3)7(11-12-13)9(15)18-2/h4-5H2,1-3H3. The van der Waals surface area contributed by atoms with Crippen LogP contribution in [0.4, 0.5) is 0 Å². The number of carbonyl (C=O) groups excluding carboxylic acids is 3. The van der Waals surface area contributed by atoms with E-state index < -0.39 is 17.9 Å². The number of methoxy groups -OCH3 is 3. The average molecular weight is 271 g/mol. The summed E-state index contributed by atoms with van der Waals surface area (Å²) in [5.74, 6) is -2.09. The summed E-state index contributed by atoms with van der Waals surface area (Å²) < 4.78 is 14.6. The third-order valence-corrected chi connectivity index (χ3v) is 2.25.